The van der Waals surface area contributed by atoms with Gasteiger partial charge in [0.05, 0.1) is 30.7 Å². The molecule has 0 saturated carbocycles. The van der Waals surface area contributed by atoms with E-state index in [1.54, 1.807) is 24.3 Å². The Morgan fingerprint density at radius 1 is 1.00 bits per heavy atom. The lowest BCUT2D eigenvalue weighted by Crippen LogP contribution is -2.08. The molecule has 1 aromatic heterocycles. The summed E-state index contributed by atoms with van der Waals surface area (Å²) < 4.78 is 48.1. The van der Waals surface area contributed by atoms with Gasteiger partial charge in [0, 0.05) is 23.3 Å². The summed E-state index contributed by atoms with van der Waals surface area (Å²) in [7, 11) is -1.70. The summed E-state index contributed by atoms with van der Waals surface area (Å²) in [6, 6.07) is 18.1. The largest absolute Gasteiger partial charge is 0.494 e. The van der Waals surface area contributed by atoms with Gasteiger partial charge in [-0.2, -0.15) is 0 Å². The molecule has 39 heavy (non-hydrogen) atoms. The van der Waals surface area contributed by atoms with Crippen LogP contribution < -0.4 is 4.74 Å². The zero-order chi connectivity index (χ0) is 28.2. The predicted molar refractivity (Wildman–Crippen MR) is 153 cm³/mol. The van der Waals surface area contributed by atoms with Gasteiger partial charge in [0.25, 0.3) is 0 Å². The average molecular weight is 548 g/mol. The first-order chi connectivity index (χ1) is 18.5. The van der Waals surface area contributed by atoms with Gasteiger partial charge in [0.1, 0.15) is 21.4 Å². The first kappa shape index (κ1) is 28.0. The molecule has 0 radical (unpaired) electrons. The van der Waals surface area contributed by atoms with E-state index in [1.807, 2.05) is 50.2 Å². The summed E-state index contributed by atoms with van der Waals surface area (Å²) in [6.45, 7) is 4.24. The third-order valence-electron chi connectivity index (χ3n) is 6.29. The van der Waals surface area contributed by atoms with Crippen molar-refractivity contribution < 1.29 is 27.1 Å². The summed E-state index contributed by atoms with van der Waals surface area (Å²) in [5, 5.41) is 0.862. The van der Waals surface area contributed by atoms with Crippen LogP contribution in [0, 0.1) is 19.7 Å². The zero-order valence-corrected chi connectivity index (χ0v) is 23.1. The lowest BCUT2D eigenvalue weighted by atomic mass is 9.93. The normalized spacial score (nSPS) is 11.7. The fourth-order valence-electron chi connectivity index (χ4n) is 4.48. The van der Waals surface area contributed by atoms with E-state index in [2.05, 4.69) is 4.74 Å². The van der Waals surface area contributed by atoms with Crippen LogP contribution in [0.3, 0.4) is 0 Å². The smallest absolute Gasteiger partial charge is 0.330 e. The first-order valence-corrected chi connectivity index (χ1v) is 14.5. The molecule has 0 bridgehead atoms. The lowest BCUT2D eigenvalue weighted by molar-refractivity contribution is -0.134. The summed E-state index contributed by atoms with van der Waals surface area (Å²) in [6.07, 6.45) is 4.65. The van der Waals surface area contributed by atoms with Crippen LogP contribution in [0.5, 0.6) is 5.75 Å². The molecule has 8 heteroatoms. The van der Waals surface area contributed by atoms with E-state index < -0.39 is 15.8 Å². The molecule has 202 valence electrons. The van der Waals surface area contributed by atoms with Gasteiger partial charge in [-0.05, 0) is 96.6 Å². The van der Waals surface area contributed by atoms with Crippen LogP contribution in [0.15, 0.2) is 66.7 Å². The number of methoxy groups -OCH3 is 1. The van der Waals surface area contributed by atoms with Crippen molar-refractivity contribution in [2.45, 2.75) is 20.3 Å². The summed E-state index contributed by atoms with van der Waals surface area (Å²) in [4.78, 5) is 16.1. The number of rotatable bonds is 9. The molecule has 0 aliphatic heterocycles. The van der Waals surface area contributed by atoms with Crippen molar-refractivity contribution in [2.75, 3.05) is 25.7 Å². The number of carbonyl (C=O) groups is 1. The highest BCUT2D eigenvalue weighted by Gasteiger charge is 2.14. The molecule has 4 aromatic rings. The number of hydrogen-bond acceptors (Lipinski definition) is 6. The number of benzene rings is 3. The number of esters is 1. The highest BCUT2D eigenvalue weighted by atomic mass is 32.2. The predicted octanol–water partition coefficient (Wildman–Crippen LogP) is 6.32. The van der Waals surface area contributed by atoms with Crippen molar-refractivity contribution in [1.82, 2.24) is 4.98 Å². The van der Waals surface area contributed by atoms with Crippen LogP contribution in [-0.4, -0.2) is 45.1 Å². The Morgan fingerprint density at radius 2 is 1.74 bits per heavy atom. The topological polar surface area (TPSA) is 82.6 Å². The number of ether oxygens (including phenoxy) is 2. The number of hydrogen-bond donors (Lipinski definition) is 0. The van der Waals surface area contributed by atoms with E-state index in [-0.39, 0.29) is 11.6 Å². The minimum absolute atomic E-state index is 0.0812. The number of fused-ring (bicyclic) bond motifs is 1. The Labute approximate surface area is 228 Å². The fraction of sp³-hybridized carbons (Fsp3) is 0.226. The third kappa shape index (κ3) is 7.09. The fourth-order valence-corrected chi connectivity index (χ4v) is 5.12. The van der Waals surface area contributed by atoms with Gasteiger partial charge in [0.2, 0.25) is 0 Å². The third-order valence-corrected chi connectivity index (χ3v) is 7.32. The first-order valence-electron chi connectivity index (χ1n) is 12.4. The molecule has 0 amide bonds. The van der Waals surface area contributed by atoms with Gasteiger partial charge in [-0.3, -0.25) is 0 Å². The van der Waals surface area contributed by atoms with Gasteiger partial charge in [-0.15, -0.1) is 0 Å². The number of aromatic nitrogens is 1. The Morgan fingerprint density at radius 3 is 2.44 bits per heavy atom. The highest BCUT2D eigenvalue weighted by Crippen LogP contribution is 2.34. The second kappa shape index (κ2) is 11.8. The maximum absolute atomic E-state index is 15.0. The van der Waals surface area contributed by atoms with Gasteiger partial charge in [0.15, 0.2) is 0 Å². The van der Waals surface area contributed by atoms with E-state index in [4.69, 9.17) is 9.72 Å². The van der Waals surface area contributed by atoms with Crippen molar-refractivity contribution in [1.29, 1.82) is 0 Å². The second-order valence-corrected chi connectivity index (χ2v) is 11.7. The molecule has 0 N–H and O–H groups in total. The minimum atomic E-state index is -3.02. The molecule has 0 fully saturated rings. The summed E-state index contributed by atoms with van der Waals surface area (Å²) >= 11 is 0. The molecule has 0 aliphatic rings. The maximum Gasteiger partial charge on any atom is 0.330 e. The molecular formula is C31H30FNO5S. The Bertz CT molecular complexity index is 1660. The summed E-state index contributed by atoms with van der Waals surface area (Å²) in [5.74, 6) is -0.0558. The lowest BCUT2D eigenvalue weighted by Gasteiger charge is -2.15. The number of aryl methyl sites for hydroxylation is 2. The van der Waals surface area contributed by atoms with Gasteiger partial charge < -0.3 is 9.47 Å². The van der Waals surface area contributed by atoms with Crippen LogP contribution in [0.2, 0.25) is 0 Å². The van der Waals surface area contributed by atoms with Crippen molar-refractivity contribution in [2.24, 2.45) is 0 Å². The van der Waals surface area contributed by atoms with E-state index in [0.717, 1.165) is 33.2 Å². The van der Waals surface area contributed by atoms with Gasteiger partial charge in [-0.1, -0.05) is 18.2 Å². The van der Waals surface area contributed by atoms with Gasteiger partial charge >= 0.3 is 5.97 Å². The van der Waals surface area contributed by atoms with Crippen LogP contribution >= 0.6 is 0 Å². The van der Waals surface area contributed by atoms with Crippen molar-refractivity contribution >= 4 is 32.8 Å². The molecule has 4 rings (SSSR count). The monoisotopic (exact) mass is 547 g/mol. The second-order valence-electron chi connectivity index (χ2n) is 9.46. The number of nitrogens with zero attached hydrogens (tertiary/aromatic N) is 1. The van der Waals surface area contributed by atoms with Crippen molar-refractivity contribution in [3.8, 4) is 28.1 Å². The Hall–Kier alpha value is -4.04. The quantitative estimate of drug-likeness (QED) is 0.138. The SMILES string of the molecule is COC(=O)/C=C/c1ccc2nc(-c3cc(-c4c(C)cc(OCCCS(C)(=O)=O)cc4C)ccc3F)ccc2c1. The van der Waals surface area contributed by atoms with Crippen molar-refractivity contribution in [3.63, 3.8) is 0 Å². The Balaban J connectivity index is 1.61. The van der Waals surface area contributed by atoms with E-state index in [0.29, 0.717) is 35.6 Å². The zero-order valence-electron chi connectivity index (χ0n) is 22.3. The molecule has 1 heterocycles. The standard InChI is InChI=1S/C31H30FNO5S/c1-20-16-25(38-14-5-15-39(4,35)36)17-21(2)31(20)24-8-10-27(32)26(19-24)29-12-9-23-18-22(6-11-28(23)33-29)7-13-30(34)37-3/h6-13,16-19H,5,14-15H2,1-4H3/b13-7+. The maximum atomic E-state index is 15.0. The summed E-state index contributed by atoms with van der Waals surface area (Å²) in [5.41, 5.74) is 6.19. The molecule has 0 unspecified atom stereocenters. The number of carbonyl (C=O) groups excluding carboxylic acids is 1. The van der Waals surface area contributed by atoms with Crippen LogP contribution in [0.1, 0.15) is 23.1 Å². The minimum Gasteiger partial charge on any atom is -0.494 e. The molecule has 0 atom stereocenters. The molecule has 0 spiro atoms. The van der Waals surface area contributed by atoms with Gasteiger partial charge in [-0.25, -0.2) is 22.6 Å². The molecule has 0 saturated heterocycles. The molecule has 3 aromatic carbocycles. The van der Waals surface area contributed by atoms with E-state index in [9.17, 15) is 13.2 Å². The Kier molecular flexibility index (Phi) is 8.45. The molecular weight excluding hydrogens is 517 g/mol. The van der Waals surface area contributed by atoms with Crippen LogP contribution in [0.25, 0.3) is 39.4 Å². The highest BCUT2D eigenvalue weighted by molar-refractivity contribution is 7.90. The van der Waals surface area contributed by atoms with E-state index >= 15 is 4.39 Å². The van der Waals surface area contributed by atoms with Crippen LogP contribution in [-0.2, 0) is 19.4 Å². The van der Waals surface area contributed by atoms with Crippen molar-refractivity contribution in [3.05, 3.63) is 89.2 Å². The average Bonchev–Trinajstić information content (AvgIpc) is 2.89. The molecule has 6 nitrogen and oxygen atoms in total. The van der Waals surface area contributed by atoms with Crippen LogP contribution in [0.4, 0.5) is 4.39 Å². The number of sulfone groups is 1. The molecule has 0 aliphatic carbocycles. The van der Waals surface area contributed by atoms with E-state index in [1.165, 1.54) is 25.5 Å². The number of pyridine rings is 1. The number of halogens is 1.